The number of rotatable bonds is 6. The van der Waals surface area contributed by atoms with Crippen molar-refractivity contribution in [1.82, 2.24) is 4.90 Å². The van der Waals surface area contributed by atoms with Crippen molar-refractivity contribution in [3.8, 4) is 0 Å². The summed E-state index contributed by atoms with van der Waals surface area (Å²) in [4.78, 5) is 34.4. The van der Waals surface area contributed by atoms with Gasteiger partial charge in [0.2, 0.25) is 17.7 Å². The van der Waals surface area contributed by atoms with Crippen molar-refractivity contribution in [3.63, 3.8) is 0 Å². The Labute approximate surface area is 139 Å². The summed E-state index contributed by atoms with van der Waals surface area (Å²) in [6.45, 7) is -1.11. The molecule has 24 heavy (non-hydrogen) atoms. The Kier molecular flexibility index (Phi) is 6.35. The Morgan fingerprint density at radius 3 is 2.12 bits per heavy atom. The average molecular weight is 364 g/mol. The van der Waals surface area contributed by atoms with Gasteiger partial charge in [-0.05, 0) is 23.8 Å². The number of benzene rings is 1. The topological polar surface area (TPSA) is 106 Å². The van der Waals surface area contributed by atoms with Gasteiger partial charge in [0.15, 0.2) is 0 Å². The molecular formula is C14H13ClF3N3O3. The van der Waals surface area contributed by atoms with Gasteiger partial charge in [-0.25, -0.2) is 0 Å². The molecule has 4 N–H and O–H groups in total. The Balaban J connectivity index is 2.99. The maximum atomic E-state index is 12.8. The molecule has 10 heteroatoms. The second kappa shape index (κ2) is 7.82. The van der Waals surface area contributed by atoms with Gasteiger partial charge in [-0.15, -0.1) is 0 Å². The lowest BCUT2D eigenvalue weighted by atomic mass is 10.1. The third-order valence-corrected chi connectivity index (χ3v) is 3.05. The van der Waals surface area contributed by atoms with Crippen LogP contribution >= 0.6 is 11.6 Å². The van der Waals surface area contributed by atoms with Gasteiger partial charge in [0, 0.05) is 6.08 Å². The number of carbonyl (C=O) groups excluding carboxylic acids is 3. The summed E-state index contributed by atoms with van der Waals surface area (Å²) in [5, 5.41) is -0.477. The number of primary amides is 2. The first-order chi connectivity index (χ1) is 11.0. The third-order valence-electron chi connectivity index (χ3n) is 2.72. The number of nitrogens with zero attached hydrogens (tertiary/aromatic N) is 1. The predicted molar refractivity (Wildman–Crippen MR) is 80.5 cm³/mol. The van der Waals surface area contributed by atoms with E-state index in [-0.39, 0.29) is 5.56 Å². The van der Waals surface area contributed by atoms with E-state index in [9.17, 15) is 27.6 Å². The van der Waals surface area contributed by atoms with Crippen LogP contribution in [-0.2, 0) is 20.6 Å². The van der Waals surface area contributed by atoms with Crippen LogP contribution in [0.15, 0.2) is 24.3 Å². The number of carbonyl (C=O) groups is 3. The molecular weight excluding hydrogens is 351 g/mol. The number of nitrogens with two attached hydrogens (primary N) is 2. The Bertz CT molecular complexity index is 674. The molecule has 0 radical (unpaired) electrons. The second-order valence-corrected chi connectivity index (χ2v) is 5.10. The lowest BCUT2D eigenvalue weighted by Crippen LogP contribution is -2.42. The van der Waals surface area contributed by atoms with Crippen LogP contribution in [0, 0.1) is 0 Å². The Morgan fingerprint density at radius 1 is 1.12 bits per heavy atom. The quantitative estimate of drug-likeness (QED) is 0.741. The minimum atomic E-state index is -4.64. The summed E-state index contributed by atoms with van der Waals surface area (Å²) in [5.74, 6) is -2.55. The van der Waals surface area contributed by atoms with Crippen LogP contribution in [0.25, 0.3) is 6.08 Å². The molecule has 3 amide bonds. The molecule has 0 saturated heterocycles. The highest BCUT2D eigenvalue weighted by molar-refractivity contribution is 6.31. The molecule has 0 unspecified atom stereocenters. The van der Waals surface area contributed by atoms with Crippen LogP contribution in [0.1, 0.15) is 11.1 Å². The van der Waals surface area contributed by atoms with E-state index in [1.807, 2.05) is 0 Å². The number of alkyl halides is 3. The molecule has 0 aliphatic carbocycles. The SMILES string of the molecule is NC(=O)CN(CC(N)=O)C(=O)/C=C/c1ccc(Cl)c(C(F)(F)F)c1. The molecule has 1 aromatic carbocycles. The minimum absolute atomic E-state index is 0.0539. The van der Waals surface area contributed by atoms with E-state index in [0.29, 0.717) is 0 Å². The monoisotopic (exact) mass is 363 g/mol. The van der Waals surface area contributed by atoms with Gasteiger partial charge >= 0.3 is 6.18 Å². The first kappa shape index (κ1) is 19.5. The zero-order chi connectivity index (χ0) is 18.5. The maximum absolute atomic E-state index is 12.8. The van der Waals surface area contributed by atoms with Crippen molar-refractivity contribution in [3.05, 3.63) is 40.4 Å². The van der Waals surface area contributed by atoms with E-state index in [1.165, 1.54) is 6.07 Å². The van der Waals surface area contributed by atoms with E-state index in [2.05, 4.69) is 0 Å². The molecule has 0 aliphatic rings. The lowest BCUT2D eigenvalue weighted by Gasteiger charge is -2.17. The first-order valence-corrected chi connectivity index (χ1v) is 6.79. The van der Waals surface area contributed by atoms with E-state index in [0.717, 1.165) is 29.2 Å². The molecule has 1 aromatic rings. The van der Waals surface area contributed by atoms with Crippen molar-refractivity contribution in [2.45, 2.75) is 6.18 Å². The summed E-state index contributed by atoms with van der Waals surface area (Å²) in [6, 6.07) is 3.07. The van der Waals surface area contributed by atoms with Crippen molar-refractivity contribution in [2.24, 2.45) is 11.5 Å². The van der Waals surface area contributed by atoms with Gasteiger partial charge in [-0.1, -0.05) is 17.7 Å². The highest BCUT2D eigenvalue weighted by atomic mass is 35.5. The maximum Gasteiger partial charge on any atom is 0.417 e. The summed E-state index contributed by atoms with van der Waals surface area (Å²) < 4.78 is 38.3. The van der Waals surface area contributed by atoms with Crippen LogP contribution in [-0.4, -0.2) is 35.7 Å². The van der Waals surface area contributed by atoms with Gasteiger partial charge in [-0.3, -0.25) is 14.4 Å². The summed E-state index contributed by atoms with van der Waals surface area (Å²) >= 11 is 5.49. The minimum Gasteiger partial charge on any atom is -0.368 e. The second-order valence-electron chi connectivity index (χ2n) is 4.70. The van der Waals surface area contributed by atoms with Gasteiger partial charge < -0.3 is 16.4 Å². The van der Waals surface area contributed by atoms with Gasteiger partial charge in [0.25, 0.3) is 0 Å². The van der Waals surface area contributed by atoms with E-state index in [1.54, 1.807) is 0 Å². The zero-order valence-corrected chi connectivity index (χ0v) is 12.9. The van der Waals surface area contributed by atoms with Crippen LogP contribution < -0.4 is 11.5 Å². The van der Waals surface area contributed by atoms with E-state index in [4.69, 9.17) is 23.1 Å². The Morgan fingerprint density at radius 2 is 1.67 bits per heavy atom. The predicted octanol–water partition coefficient (Wildman–Crippen LogP) is 1.17. The molecule has 0 atom stereocenters. The molecule has 0 bridgehead atoms. The Hall–Kier alpha value is -2.55. The fraction of sp³-hybridized carbons (Fsp3) is 0.214. The van der Waals surface area contributed by atoms with Crippen LogP contribution in [0.4, 0.5) is 13.2 Å². The molecule has 0 fully saturated rings. The smallest absolute Gasteiger partial charge is 0.368 e. The number of hydrogen-bond donors (Lipinski definition) is 2. The average Bonchev–Trinajstić information content (AvgIpc) is 2.43. The van der Waals surface area contributed by atoms with Gasteiger partial charge in [-0.2, -0.15) is 13.2 Å². The number of hydrogen-bond acceptors (Lipinski definition) is 3. The molecule has 130 valence electrons. The van der Waals surface area contributed by atoms with E-state index >= 15 is 0 Å². The third kappa shape index (κ3) is 5.92. The normalized spacial score (nSPS) is 11.5. The molecule has 1 rings (SSSR count). The van der Waals surface area contributed by atoms with Gasteiger partial charge in [0.1, 0.15) is 13.1 Å². The summed E-state index contributed by atoms with van der Waals surface area (Å²) in [5.41, 5.74) is 8.90. The van der Waals surface area contributed by atoms with Crippen LogP contribution in [0.5, 0.6) is 0 Å². The lowest BCUT2D eigenvalue weighted by molar-refractivity contribution is -0.137. The van der Waals surface area contributed by atoms with Crippen molar-refractivity contribution < 1.29 is 27.6 Å². The highest BCUT2D eigenvalue weighted by Crippen LogP contribution is 2.35. The largest absolute Gasteiger partial charge is 0.417 e. The van der Waals surface area contributed by atoms with E-state index < -0.39 is 47.6 Å². The number of halogens is 4. The van der Waals surface area contributed by atoms with Crippen molar-refractivity contribution in [1.29, 1.82) is 0 Å². The first-order valence-electron chi connectivity index (χ1n) is 6.41. The van der Waals surface area contributed by atoms with Crippen LogP contribution in [0.2, 0.25) is 5.02 Å². The fourth-order valence-electron chi connectivity index (χ4n) is 1.72. The van der Waals surface area contributed by atoms with Gasteiger partial charge in [0.05, 0.1) is 10.6 Å². The molecule has 0 aliphatic heterocycles. The fourth-order valence-corrected chi connectivity index (χ4v) is 1.95. The molecule has 0 aromatic heterocycles. The number of amides is 3. The summed E-state index contributed by atoms with van der Waals surface area (Å²) in [7, 11) is 0. The molecule has 0 spiro atoms. The molecule has 0 saturated carbocycles. The molecule has 0 heterocycles. The molecule has 6 nitrogen and oxygen atoms in total. The highest BCUT2D eigenvalue weighted by Gasteiger charge is 2.33. The zero-order valence-electron chi connectivity index (χ0n) is 12.1. The standard InChI is InChI=1S/C14H13ClF3N3O3/c15-10-3-1-8(5-9(10)14(16,17)18)2-4-13(24)21(6-11(19)22)7-12(20)23/h1-5H,6-7H2,(H2,19,22)(H2,20,23)/b4-2+. The summed E-state index contributed by atoms with van der Waals surface area (Å²) in [6.07, 6.45) is -2.66. The van der Waals surface area contributed by atoms with Crippen LogP contribution in [0.3, 0.4) is 0 Å². The van der Waals surface area contributed by atoms with Crippen molar-refractivity contribution >= 4 is 35.4 Å². The van der Waals surface area contributed by atoms with Crippen molar-refractivity contribution in [2.75, 3.05) is 13.1 Å².